The summed E-state index contributed by atoms with van der Waals surface area (Å²) in [4.78, 5) is 36.0. The zero-order valence-electron chi connectivity index (χ0n) is 16.9. The Balaban J connectivity index is 1.59. The lowest BCUT2D eigenvalue weighted by molar-refractivity contribution is 0.0981. The molecule has 0 aliphatic carbocycles. The van der Waals surface area contributed by atoms with E-state index in [1.807, 2.05) is 36.4 Å². The van der Waals surface area contributed by atoms with Crippen molar-refractivity contribution >= 4 is 17.3 Å². The summed E-state index contributed by atoms with van der Waals surface area (Å²) in [6.45, 7) is 0. The summed E-state index contributed by atoms with van der Waals surface area (Å²) in [7, 11) is 1.47. The Hall–Kier alpha value is -4.53. The van der Waals surface area contributed by atoms with Gasteiger partial charge in [-0.25, -0.2) is 14.8 Å². The SMILES string of the molecule is COc1ncc(-c2ccc3c(c2)C(=O)C(c2ccccc2)C(N)=N3)cc1-c1noc(=O)[nH]1. The predicted octanol–water partition coefficient (Wildman–Crippen LogP) is 3.07. The molecular weight excluding hydrogens is 410 g/mol. The van der Waals surface area contributed by atoms with E-state index >= 15 is 0 Å². The van der Waals surface area contributed by atoms with Gasteiger partial charge in [0.1, 0.15) is 11.8 Å². The molecule has 0 bridgehead atoms. The van der Waals surface area contributed by atoms with Crippen LogP contribution in [0.3, 0.4) is 0 Å². The highest BCUT2D eigenvalue weighted by Gasteiger charge is 2.31. The number of aliphatic imine (C=N–C) groups is 1. The van der Waals surface area contributed by atoms with Crippen molar-refractivity contribution in [2.45, 2.75) is 5.92 Å². The van der Waals surface area contributed by atoms with Gasteiger partial charge in [-0.15, -0.1) is 0 Å². The standard InChI is InChI=1S/C23H17N5O4/c1-31-22-16(21-27-23(30)32-28-21)10-14(11-25-22)13-7-8-17-15(9-13)19(29)18(20(24)26-17)12-5-3-2-4-6-12/h2-11,18H,1H3,(H2,24,26)(H,27,28,30). The number of rotatable bonds is 4. The molecule has 0 fully saturated rings. The molecule has 0 amide bonds. The molecule has 5 rings (SSSR count). The number of methoxy groups -OCH3 is 1. The maximum absolute atomic E-state index is 13.3. The van der Waals surface area contributed by atoms with E-state index in [0.29, 0.717) is 22.4 Å². The Labute approximate surface area is 181 Å². The van der Waals surface area contributed by atoms with Crippen LogP contribution in [-0.2, 0) is 0 Å². The largest absolute Gasteiger partial charge is 0.480 e. The monoisotopic (exact) mass is 427 g/mol. The number of nitrogens with two attached hydrogens (primary N) is 1. The second kappa shape index (κ2) is 7.62. The summed E-state index contributed by atoms with van der Waals surface area (Å²) in [6.07, 6.45) is 1.61. The number of H-pyrrole nitrogens is 1. The Morgan fingerprint density at radius 2 is 1.81 bits per heavy atom. The second-order valence-electron chi connectivity index (χ2n) is 7.20. The number of fused-ring (bicyclic) bond motifs is 1. The van der Waals surface area contributed by atoms with Crippen LogP contribution >= 0.6 is 0 Å². The van der Waals surface area contributed by atoms with E-state index in [1.165, 1.54) is 7.11 Å². The molecule has 4 aromatic rings. The minimum absolute atomic E-state index is 0.122. The maximum atomic E-state index is 13.3. The fourth-order valence-corrected chi connectivity index (χ4v) is 3.76. The number of aromatic nitrogens is 3. The van der Waals surface area contributed by atoms with Crippen molar-refractivity contribution in [3.05, 3.63) is 82.5 Å². The number of nitrogens with zero attached hydrogens (tertiary/aromatic N) is 3. The van der Waals surface area contributed by atoms with E-state index in [4.69, 9.17) is 10.5 Å². The van der Waals surface area contributed by atoms with Crippen LogP contribution in [0.2, 0.25) is 0 Å². The van der Waals surface area contributed by atoms with Gasteiger partial charge >= 0.3 is 5.76 Å². The van der Waals surface area contributed by atoms with E-state index < -0.39 is 11.7 Å². The summed E-state index contributed by atoms with van der Waals surface area (Å²) < 4.78 is 9.88. The number of Topliss-reactive ketones (excluding diaryl/α,β-unsaturated/α-hetero) is 1. The van der Waals surface area contributed by atoms with E-state index in [-0.39, 0.29) is 23.3 Å². The fraction of sp³-hybridized carbons (Fsp3) is 0.0870. The molecule has 0 saturated carbocycles. The minimum atomic E-state index is -0.686. The highest BCUT2D eigenvalue weighted by molar-refractivity contribution is 6.21. The summed E-state index contributed by atoms with van der Waals surface area (Å²) in [5, 5.41) is 3.71. The lowest BCUT2D eigenvalue weighted by Gasteiger charge is -2.22. The number of hydrogen-bond donors (Lipinski definition) is 2. The zero-order valence-corrected chi connectivity index (χ0v) is 16.9. The highest BCUT2D eigenvalue weighted by atomic mass is 16.5. The van der Waals surface area contributed by atoms with Crippen molar-refractivity contribution in [3.63, 3.8) is 0 Å². The number of carbonyl (C=O) groups excluding carboxylic acids is 1. The average molecular weight is 427 g/mol. The van der Waals surface area contributed by atoms with Crippen molar-refractivity contribution in [2.24, 2.45) is 10.7 Å². The van der Waals surface area contributed by atoms with Crippen molar-refractivity contribution < 1.29 is 14.1 Å². The first-order valence-electron chi connectivity index (χ1n) is 9.73. The molecule has 2 aromatic heterocycles. The van der Waals surface area contributed by atoms with Gasteiger partial charge in [-0.1, -0.05) is 41.6 Å². The summed E-state index contributed by atoms with van der Waals surface area (Å²) in [6, 6.07) is 16.4. The lowest BCUT2D eigenvalue weighted by Crippen LogP contribution is -2.31. The van der Waals surface area contributed by atoms with Gasteiger partial charge in [-0.05, 0) is 29.3 Å². The summed E-state index contributed by atoms with van der Waals surface area (Å²) in [5.74, 6) is -0.712. The molecule has 158 valence electrons. The van der Waals surface area contributed by atoms with E-state index in [9.17, 15) is 9.59 Å². The number of ether oxygens (including phenoxy) is 1. The number of amidine groups is 1. The number of carbonyl (C=O) groups is 1. The Morgan fingerprint density at radius 1 is 1.03 bits per heavy atom. The van der Waals surface area contributed by atoms with Crippen LogP contribution in [0.15, 0.2) is 75.1 Å². The third-order valence-electron chi connectivity index (χ3n) is 5.28. The smallest absolute Gasteiger partial charge is 0.439 e. The van der Waals surface area contributed by atoms with Gasteiger partial charge in [-0.3, -0.25) is 14.3 Å². The van der Waals surface area contributed by atoms with E-state index in [1.54, 1.807) is 24.4 Å². The molecule has 0 spiro atoms. The number of benzene rings is 2. The first-order chi connectivity index (χ1) is 15.5. The van der Waals surface area contributed by atoms with Crippen LogP contribution in [-0.4, -0.2) is 33.9 Å². The van der Waals surface area contributed by atoms with Gasteiger partial charge in [-0.2, -0.15) is 0 Å². The molecule has 9 nitrogen and oxygen atoms in total. The van der Waals surface area contributed by atoms with Crippen molar-refractivity contribution in [2.75, 3.05) is 7.11 Å². The minimum Gasteiger partial charge on any atom is -0.480 e. The molecule has 1 atom stereocenters. The molecule has 1 aliphatic rings. The third kappa shape index (κ3) is 3.25. The second-order valence-corrected chi connectivity index (χ2v) is 7.20. The van der Waals surface area contributed by atoms with Crippen LogP contribution in [0.5, 0.6) is 5.88 Å². The number of aromatic amines is 1. The lowest BCUT2D eigenvalue weighted by atomic mass is 9.86. The molecule has 9 heteroatoms. The molecular formula is C23H17N5O4. The molecule has 2 aromatic carbocycles. The van der Waals surface area contributed by atoms with Crippen LogP contribution in [0.1, 0.15) is 21.8 Å². The summed E-state index contributed by atoms with van der Waals surface area (Å²) >= 11 is 0. The molecule has 0 radical (unpaired) electrons. The predicted molar refractivity (Wildman–Crippen MR) is 117 cm³/mol. The molecule has 3 N–H and O–H groups in total. The van der Waals surface area contributed by atoms with Gasteiger partial charge in [0.05, 0.1) is 18.4 Å². The summed E-state index contributed by atoms with van der Waals surface area (Å²) in [5.41, 5.74) is 9.80. The maximum Gasteiger partial charge on any atom is 0.439 e. The van der Waals surface area contributed by atoms with Crippen LogP contribution in [0.25, 0.3) is 22.5 Å². The number of pyridine rings is 1. The van der Waals surface area contributed by atoms with Gasteiger partial charge < -0.3 is 10.5 Å². The molecule has 32 heavy (non-hydrogen) atoms. The highest BCUT2D eigenvalue weighted by Crippen LogP contribution is 2.37. The van der Waals surface area contributed by atoms with Crippen molar-refractivity contribution in [1.29, 1.82) is 0 Å². The van der Waals surface area contributed by atoms with E-state index in [2.05, 4.69) is 24.6 Å². The molecule has 0 saturated heterocycles. The van der Waals surface area contributed by atoms with Gasteiger partial charge in [0.25, 0.3) is 0 Å². The number of nitrogens with one attached hydrogen (secondary N) is 1. The Morgan fingerprint density at radius 3 is 2.53 bits per heavy atom. The van der Waals surface area contributed by atoms with E-state index in [0.717, 1.165) is 11.1 Å². The normalized spacial score (nSPS) is 15.2. The first-order valence-corrected chi connectivity index (χ1v) is 9.73. The van der Waals surface area contributed by atoms with Crippen LogP contribution in [0.4, 0.5) is 5.69 Å². The fourth-order valence-electron chi connectivity index (χ4n) is 3.76. The topological polar surface area (TPSA) is 136 Å². The molecule has 1 unspecified atom stereocenters. The van der Waals surface area contributed by atoms with Crippen molar-refractivity contribution in [3.8, 4) is 28.4 Å². The molecule has 3 heterocycles. The number of hydrogen-bond acceptors (Lipinski definition) is 8. The van der Waals surface area contributed by atoms with Crippen molar-refractivity contribution in [1.82, 2.24) is 15.1 Å². The van der Waals surface area contributed by atoms with Gasteiger partial charge in [0.15, 0.2) is 11.6 Å². The Bertz CT molecular complexity index is 1420. The average Bonchev–Trinajstić information content (AvgIpc) is 3.25. The molecule has 1 aliphatic heterocycles. The third-order valence-corrected chi connectivity index (χ3v) is 5.28. The zero-order chi connectivity index (χ0) is 22.2. The number of ketones is 1. The van der Waals surface area contributed by atoms with Crippen LogP contribution in [0, 0.1) is 0 Å². The first kappa shape index (κ1) is 19.4. The Kier molecular flexibility index (Phi) is 4.63. The van der Waals surface area contributed by atoms with Crippen LogP contribution < -0.4 is 16.2 Å². The van der Waals surface area contributed by atoms with Gasteiger partial charge in [0, 0.05) is 17.3 Å². The quantitative estimate of drug-likeness (QED) is 0.511. The van der Waals surface area contributed by atoms with Gasteiger partial charge in [0.2, 0.25) is 5.88 Å².